The van der Waals surface area contributed by atoms with Crippen molar-refractivity contribution >= 4 is 0 Å². The lowest BCUT2D eigenvalue weighted by Crippen LogP contribution is -2.50. The summed E-state index contributed by atoms with van der Waals surface area (Å²) in [5, 5.41) is 0. The van der Waals surface area contributed by atoms with E-state index in [1.54, 1.807) is 0 Å². The van der Waals surface area contributed by atoms with Gasteiger partial charge in [0.05, 0.1) is 0 Å². The van der Waals surface area contributed by atoms with Gasteiger partial charge in [-0.05, 0) is 38.3 Å². The Kier molecular flexibility index (Phi) is 9.04. The molecule has 0 amide bonds. The summed E-state index contributed by atoms with van der Waals surface area (Å²) in [5.41, 5.74) is 10.7. The maximum absolute atomic E-state index is 5.67. The molecule has 0 aliphatic carbocycles. The van der Waals surface area contributed by atoms with Crippen molar-refractivity contribution in [3.63, 3.8) is 0 Å². The predicted molar refractivity (Wildman–Crippen MR) is 97.1 cm³/mol. The molecule has 3 nitrogen and oxygen atoms in total. The highest BCUT2D eigenvalue weighted by Gasteiger charge is 2.29. The molecule has 0 aromatic rings. The topological polar surface area (TPSA) is 32.5 Å². The highest BCUT2D eigenvalue weighted by Crippen LogP contribution is 2.32. The minimum Gasteiger partial charge on any atom is -0.329 e. The Bertz CT molecular complexity index is 359. The minimum atomic E-state index is 0.295. The average molecular weight is 308 g/mol. The van der Waals surface area contributed by atoms with E-state index in [1.165, 1.54) is 50.9 Å². The number of nitrogens with two attached hydrogens (primary N) is 1. The molecule has 3 heteroatoms. The first-order valence-corrected chi connectivity index (χ1v) is 9.11. The van der Waals surface area contributed by atoms with Crippen molar-refractivity contribution in [2.24, 2.45) is 11.1 Å². The van der Waals surface area contributed by atoms with E-state index in [4.69, 9.17) is 5.73 Å². The molecule has 1 rings (SSSR count). The Morgan fingerprint density at radius 2 is 1.77 bits per heavy atom. The van der Waals surface area contributed by atoms with E-state index in [-0.39, 0.29) is 0 Å². The summed E-state index contributed by atoms with van der Waals surface area (Å²) in [7, 11) is 0. The van der Waals surface area contributed by atoms with Gasteiger partial charge in [-0.15, -0.1) is 5.73 Å². The minimum absolute atomic E-state index is 0.295. The van der Waals surface area contributed by atoms with Crippen LogP contribution in [0.15, 0.2) is 17.4 Å². The molecule has 0 spiro atoms. The van der Waals surface area contributed by atoms with Gasteiger partial charge in [0.25, 0.3) is 0 Å². The Balaban J connectivity index is 2.70. The van der Waals surface area contributed by atoms with E-state index < -0.39 is 0 Å². The first-order chi connectivity index (χ1) is 10.5. The first-order valence-electron chi connectivity index (χ1n) is 9.11. The number of piperazine rings is 1. The van der Waals surface area contributed by atoms with Gasteiger partial charge in [-0.1, -0.05) is 26.7 Å². The lowest BCUT2D eigenvalue weighted by atomic mass is 9.79. The van der Waals surface area contributed by atoms with Crippen LogP contribution in [-0.4, -0.2) is 55.6 Å². The molecule has 0 radical (unpaired) electrons. The molecule has 1 fully saturated rings. The van der Waals surface area contributed by atoms with Crippen molar-refractivity contribution in [1.29, 1.82) is 0 Å². The third kappa shape index (κ3) is 6.66. The summed E-state index contributed by atoms with van der Waals surface area (Å²) in [4.78, 5) is 5.14. The van der Waals surface area contributed by atoms with E-state index in [9.17, 15) is 0 Å². The van der Waals surface area contributed by atoms with Crippen molar-refractivity contribution in [3.8, 4) is 0 Å². The quantitative estimate of drug-likeness (QED) is 0.664. The number of nitrogens with zero attached hydrogens (tertiary/aromatic N) is 2. The Labute approximate surface area is 138 Å². The summed E-state index contributed by atoms with van der Waals surface area (Å²) < 4.78 is 0. The molecule has 0 saturated carbocycles. The Hall–Kier alpha value is -0.600. The van der Waals surface area contributed by atoms with Crippen LogP contribution in [0.25, 0.3) is 0 Å². The van der Waals surface area contributed by atoms with Crippen LogP contribution in [0.5, 0.6) is 0 Å². The molecule has 1 atom stereocenters. The van der Waals surface area contributed by atoms with Gasteiger partial charge in [0.1, 0.15) is 0 Å². The van der Waals surface area contributed by atoms with Gasteiger partial charge in [0, 0.05) is 51.2 Å². The Morgan fingerprint density at radius 1 is 1.14 bits per heavy atom. The number of hydrogen-bond acceptors (Lipinski definition) is 3. The second-order valence-corrected chi connectivity index (χ2v) is 7.01. The molecule has 2 N–H and O–H groups in total. The Morgan fingerprint density at radius 3 is 2.27 bits per heavy atom. The molecular formula is C19H37N3. The van der Waals surface area contributed by atoms with E-state index >= 15 is 0 Å². The van der Waals surface area contributed by atoms with Crippen LogP contribution in [0.4, 0.5) is 0 Å². The third-order valence-corrected chi connectivity index (χ3v) is 4.85. The first kappa shape index (κ1) is 19.4. The van der Waals surface area contributed by atoms with Crippen LogP contribution in [0, 0.1) is 5.41 Å². The van der Waals surface area contributed by atoms with Crippen LogP contribution in [0.2, 0.25) is 0 Å². The normalized spacial score (nSPS) is 19.5. The molecular weight excluding hydrogens is 270 g/mol. The molecule has 1 heterocycles. The van der Waals surface area contributed by atoms with Crippen LogP contribution in [-0.2, 0) is 0 Å². The zero-order valence-electron chi connectivity index (χ0n) is 15.3. The van der Waals surface area contributed by atoms with E-state index in [1.807, 2.05) is 0 Å². The monoisotopic (exact) mass is 307 g/mol. The smallest absolute Gasteiger partial charge is 0.0110 e. The van der Waals surface area contributed by atoms with Crippen LogP contribution >= 0.6 is 0 Å². The van der Waals surface area contributed by atoms with Gasteiger partial charge in [-0.25, -0.2) is 0 Å². The van der Waals surface area contributed by atoms with Gasteiger partial charge in [0.15, 0.2) is 0 Å². The summed E-state index contributed by atoms with van der Waals surface area (Å²) in [5.74, 6) is 0. The third-order valence-electron chi connectivity index (χ3n) is 4.85. The van der Waals surface area contributed by atoms with E-state index in [0.29, 0.717) is 5.41 Å². The molecule has 1 aliphatic rings. The lowest BCUT2D eigenvalue weighted by Gasteiger charge is -2.40. The van der Waals surface area contributed by atoms with Crippen LogP contribution in [0.1, 0.15) is 53.4 Å². The second-order valence-electron chi connectivity index (χ2n) is 7.01. The van der Waals surface area contributed by atoms with Gasteiger partial charge >= 0.3 is 0 Å². The summed E-state index contributed by atoms with van der Waals surface area (Å²) in [6.45, 7) is 16.6. The van der Waals surface area contributed by atoms with Crippen LogP contribution in [0.3, 0.4) is 0 Å². The average Bonchev–Trinajstić information content (AvgIpc) is 2.52. The number of rotatable bonds is 9. The number of hydrogen-bond donors (Lipinski definition) is 1. The molecule has 1 saturated heterocycles. The summed E-state index contributed by atoms with van der Waals surface area (Å²) in [6.07, 6.45) is 7.44. The fourth-order valence-electron chi connectivity index (χ4n) is 3.21. The van der Waals surface area contributed by atoms with Crippen molar-refractivity contribution in [3.05, 3.63) is 17.4 Å². The highest BCUT2D eigenvalue weighted by atomic mass is 15.3. The maximum Gasteiger partial charge on any atom is 0.0110 e. The maximum atomic E-state index is 5.67. The van der Waals surface area contributed by atoms with Crippen molar-refractivity contribution < 1.29 is 0 Å². The zero-order chi connectivity index (χ0) is 16.4. The van der Waals surface area contributed by atoms with Gasteiger partial charge < -0.3 is 5.73 Å². The molecule has 128 valence electrons. The highest BCUT2D eigenvalue weighted by molar-refractivity contribution is 5.04. The molecule has 0 aromatic heterocycles. The molecule has 0 aromatic carbocycles. The fourth-order valence-corrected chi connectivity index (χ4v) is 3.21. The molecule has 1 aliphatic heterocycles. The van der Waals surface area contributed by atoms with Gasteiger partial charge in [0.2, 0.25) is 0 Å². The SMILES string of the molecule is CCCC[C@@](C=C=C(C)C)(CC)CN1CCN(CCN)CC1. The van der Waals surface area contributed by atoms with Crippen molar-refractivity contribution in [2.45, 2.75) is 53.4 Å². The largest absolute Gasteiger partial charge is 0.329 e. The van der Waals surface area contributed by atoms with Crippen molar-refractivity contribution in [1.82, 2.24) is 9.80 Å². The van der Waals surface area contributed by atoms with E-state index in [2.05, 4.69) is 49.3 Å². The summed E-state index contributed by atoms with van der Waals surface area (Å²) >= 11 is 0. The predicted octanol–water partition coefficient (Wildman–Crippen LogP) is 3.27. The number of unbranched alkanes of at least 4 members (excludes halogenated alkanes) is 1. The van der Waals surface area contributed by atoms with Gasteiger partial charge in [-0.2, -0.15) is 0 Å². The lowest BCUT2D eigenvalue weighted by molar-refractivity contribution is 0.0965. The molecule has 0 bridgehead atoms. The van der Waals surface area contributed by atoms with Crippen molar-refractivity contribution in [2.75, 3.05) is 45.8 Å². The summed E-state index contributed by atoms with van der Waals surface area (Å²) in [6, 6.07) is 0. The molecule has 22 heavy (non-hydrogen) atoms. The van der Waals surface area contributed by atoms with E-state index in [0.717, 1.165) is 26.2 Å². The van der Waals surface area contributed by atoms with Crippen LogP contribution < -0.4 is 5.73 Å². The fraction of sp³-hybridized carbons (Fsp3) is 0.842. The standard InChI is InChI=1S/C19H37N3/c1-5-7-9-19(6-2,10-8-18(3)4)17-22-15-13-21(12-11-20)14-16-22/h10H,5-7,9,11-17,20H2,1-4H3/t19-/m1/s1. The van der Waals surface area contributed by atoms with Gasteiger partial charge in [-0.3, -0.25) is 9.80 Å². The second kappa shape index (κ2) is 10.2. The molecule has 0 unspecified atom stereocenters. The zero-order valence-corrected chi connectivity index (χ0v) is 15.3.